The van der Waals surface area contributed by atoms with Crippen LogP contribution in [0, 0.1) is 0 Å². The first-order chi connectivity index (χ1) is 38.5. The molecule has 0 radical (unpaired) electrons. The first-order valence-electron chi connectivity index (χ1n) is 33.9. The predicted octanol–water partition coefficient (Wildman–Crippen LogP) is 23.3. The number of hydrogen-bond acceptors (Lipinski definition) is 6. The van der Waals surface area contributed by atoms with Gasteiger partial charge in [0.1, 0.15) is 13.2 Å². The molecule has 1 atom stereocenters. The maximum absolute atomic E-state index is 12.9. The summed E-state index contributed by atoms with van der Waals surface area (Å²) in [5.74, 6) is -0.865. The van der Waals surface area contributed by atoms with E-state index in [4.69, 9.17) is 14.2 Å². The van der Waals surface area contributed by atoms with E-state index in [2.05, 4.69) is 93.7 Å². The van der Waals surface area contributed by atoms with Crippen molar-refractivity contribution in [1.82, 2.24) is 0 Å². The van der Waals surface area contributed by atoms with E-state index >= 15 is 0 Å². The summed E-state index contributed by atoms with van der Waals surface area (Å²) in [5, 5.41) is 0. The van der Waals surface area contributed by atoms with Gasteiger partial charge in [0, 0.05) is 19.3 Å². The molecule has 6 heteroatoms. The molecule has 0 amide bonds. The third kappa shape index (κ3) is 63.7. The smallest absolute Gasteiger partial charge is 0.306 e. The second-order valence-corrected chi connectivity index (χ2v) is 22.7. The van der Waals surface area contributed by atoms with Crippen LogP contribution < -0.4 is 0 Å². The standard InChI is InChI=1S/C72H128O6/c1-4-7-10-13-16-19-21-23-25-27-29-31-33-34-35-36-37-38-40-41-43-45-47-49-51-53-56-59-62-65-71(74)77-68-69(67-76-70(73)64-61-58-55-18-15-12-9-6-3)78-72(75)66-63-60-57-54-52-50-48-46-44-42-39-32-30-28-26-24-22-20-17-14-11-8-5-2/h8,11,17,20-21,23-24,26-27,29-30,32,69H,4-7,9-10,12-16,18-19,22,25,28,31,33-68H2,1-3H3/b11-8-,20-17-,23-21-,26-24-,29-27-,32-30-. The van der Waals surface area contributed by atoms with E-state index in [-0.39, 0.29) is 31.1 Å². The van der Waals surface area contributed by atoms with E-state index in [9.17, 15) is 14.4 Å². The monoisotopic (exact) mass is 1090 g/mol. The zero-order chi connectivity index (χ0) is 56.4. The number of unbranched alkanes of at least 4 members (excludes halogenated alkanes) is 39. The first-order valence-corrected chi connectivity index (χ1v) is 33.9. The molecule has 0 aromatic carbocycles. The number of rotatable bonds is 62. The quantitative estimate of drug-likeness (QED) is 0.0261. The highest BCUT2D eigenvalue weighted by molar-refractivity contribution is 5.71. The van der Waals surface area contributed by atoms with Gasteiger partial charge in [-0.3, -0.25) is 14.4 Å². The molecule has 0 aromatic heterocycles. The summed E-state index contributed by atoms with van der Waals surface area (Å²) >= 11 is 0. The molecular formula is C72H128O6. The summed E-state index contributed by atoms with van der Waals surface area (Å²) < 4.78 is 16.9. The van der Waals surface area contributed by atoms with Gasteiger partial charge in [-0.05, 0) is 89.9 Å². The molecule has 452 valence electrons. The fraction of sp³-hybridized carbons (Fsp3) is 0.792. The van der Waals surface area contributed by atoms with Crippen molar-refractivity contribution in [2.45, 2.75) is 354 Å². The Morgan fingerprint density at radius 1 is 0.269 bits per heavy atom. The molecule has 0 aliphatic rings. The van der Waals surface area contributed by atoms with Crippen molar-refractivity contribution in [2.75, 3.05) is 13.2 Å². The number of hydrogen-bond donors (Lipinski definition) is 0. The molecular weight excluding hydrogens is 961 g/mol. The molecule has 78 heavy (non-hydrogen) atoms. The van der Waals surface area contributed by atoms with Gasteiger partial charge in [-0.25, -0.2) is 0 Å². The summed E-state index contributed by atoms with van der Waals surface area (Å²) in [7, 11) is 0. The second kappa shape index (κ2) is 66.4. The molecule has 0 saturated heterocycles. The van der Waals surface area contributed by atoms with E-state index in [1.165, 1.54) is 218 Å². The molecule has 0 fully saturated rings. The zero-order valence-corrected chi connectivity index (χ0v) is 51.9. The zero-order valence-electron chi connectivity index (χ0n) is 51.9. The summed E-state index contributed by atoms with van der Waals surface area (Å²) in [6.07, 6.45) is 86.6. The Morgan fingerprint density at radius 2 is 0.500 bits per heavy atom. The number of carbonyl (C=O) groups excluding carboxylic acids is 3. The Hall–Kier alpha value is -3.15. The lowest BCUT2D eigenvalue weighted by Gasteiger charge is -2.18. The third-order valence-corrected chi connectivity index (χ3v) is 14.9. The molecule has 0 heterocycles. The highest BCUT2D eigenvalue weighted by Crippen LogP contribution is 2.17. The average Bonchev–Trinajstić information content (AvgIpc) is 3.44. The molecule has 0 N–H and O–H groups in total. The van der Waals surface area contributed by atoms with Gasteiger partial charge in [0.05, 0.1) is 0 Å². The molecule has 0 bridgehead atoms. The molecule has 0 aromatic rings. The average molecular weight is 1090 g/mol. The Morgan fingerprint density at radius 3 is 0.782 bits per heavy atom. The van der Waals surface area contributed by atoms with Gasteiger partial charge in [-0.1, -0.05) is 312 Å². The Bertz CT molecular complexity index is 1440. The van der Waals surface area contributed by atoms with Gasteiger partial charge >= 0.3 is 17.9 Å². The maximum atomic E-state index is 12.9. The van der Waals surface area contributed by atoms with Crippen molar-refractivity contribution in [2.24, 2.45) is 0 Å². The van der Waals surface area contributed by atoms with Gasteiger partial charge in [0.15, 0.2) is 6.10 Å². The number of ether oxygens (including phenoxy) is 3. The highest BCUT2D eigenvalue weighted by Gasteiger charge is 2.19. The summed E-state index contributed by atoms with van der Waals surface area (Å²) in [6, 6.07) is 0. The topological polar surface area (TPSA) is 78.9 Å². The van der Waals surface area contributed by atoms with Crippen LogP contribution in [0.2, 0.25) is 0 Å². The molecule has 1 unspecified atom stereocenters. The Kier molecular flexibility index (Phi) is 63.7. The minimum Gasteiger partial charge on any atom is -0.462 e. The van der Waals surface area contributed by atoms with Crippen molar-refractivity contribution in [1.29, 1.82) is 0 Å². The van der Waals surface area contributed by atoms with Crippen molar-refractivity contribution < 1.29 is 28.6 Å². The molecule has 0 saturated carbocycles. The van der Waals surface area contributed by atoms with Gasteiger partial charge in [-0.2, -0.15) is 0 Å². The Labute approximate surface area is 484 Å². The highest BCUT2D eigenvalue weighted by atomic mass is 16.6. The normalized spacial score (nSPS) is 12.5. The van der Waals surface area contributed by atoms with E-state index < -0.39 is 6.10 Å². The lowest BCUT2D eigenvalue weighted by Crippen LogP contribution is -2.30. The number of allylic oxidation sites excluding steroid dienone is 12. The minimum absolute atomic E-state index is 0.0731. The minimum atomic E-state index is -0.775. The first kappa shape index (κ1) is 74.8. The van der Waals surface area contributed by atoms with Crippen molar-refractivity contribution in [3.05, 3.63) is 72.9 Å². The van der Waals surface area contributed by atoms with Crippen LogP contribution in [-0.2, 0) is 28.6 Å². The molecule has 0 aliphatic heterocycles. The lowest BCUT2D eigenvalue weighted by atomic mass is 10.0. The lowest BCUT2D eigenvalue weighted by molar-refractivity contribution is -0.167. The second-order valence-electron chi connectivity index (χ2n) is 22.7. The summed E-state index contributed by atoms with van der Waals surface area (Å²) in [5.41, 5.74) is 0. The van der Waals surface area contributed by atoms with Crippen LogP contribution in [0.4, 0.5) is 0 Å². The molecule has 0 aliphatic carbocycles. The van der Waals surface area contributed by atoms with Crippen LogP contribution in [0.5, 0.6) is 0 Å². The van der Waals surface area contributed by atoms with Crippen molar-refractivity contribution in [3.63, 3.8) is 0 Å². The fourth-order valence-corrected chi connectivity index (χ4v) is 9.88. The third-order valence-electron chi connectivity index (χ3n) is 14.9. The van der Waals surface area contributed by atoms with Crippen LogP contribution in [0.3, 0.4) is 0 Å². The summed E-state index contributed by atoms with van der Waals surface area (Å²) in [6.45, 7) is 6.53. The molecule has 0 spiro atoms. The van der Waals surface area contributed by atoms with Crippen molar-refractivity contribution in [3.8, 4) is 0 Å². The number of esters is 3. The van der Waals surface area contributed by atoms with Crippen LogP contribution >= 0.6 is 0 Å². The van der Waals surface area contributed by atoms with Gasteiger partial charge in [0.25, 0.3) is 0 Å². The van der Waals surface area contributed by atoms with E-state index in [0.29, 0.717) is 19.3 Å². The van der Waals surface area contributed by atoms with Gasteiger partial charge < -0.3 is 14.2 Å². The SMILES string of the molecule is CC/C=C\C/C=C\C/C=C\C/C=C\CCCCCCCCCCCCC(=O)OC(COC(=O)CCCCCCCCCC)COC(=O)CCCCCCCCCCCCCCCCCCC/C=C\C/C=C\CCCCCCC. The summed E-state index contributed by atoms with van der Waals surface area (Å²) in [4.78, 5) is 38.2. The van der Waals surface area contributed by atoms with Crippen LogP contribution in [-0.4, -0.2) is 37.2 Å². The van der Waals surface area contributed by atoms with Gasteiger partial charge in [0.2, 0.25) is 0 Å². The maximum Gasteiger partial charge on any atom is 0.306 e. The number of carbonyl (C=O) groups is 3. The largest absolute Gasteiger partial charge is 0.462 e. The van der Waals surface area contributed by atoms with Crippen LogP contribution in [0.1, 0.15) is 348 Å². The molecule has 0 rings (SSSR count). The predicted molar refractivity (Wildman–Crippen MR) is 339 cm³/mol. The van der Waals surface area contributed by atoms with E-state index in [0.717, 1.165) is 89.9 Å². The Balaban J connectivity index is 4.10. The van der Waals surface area contributed by atoms with E-state index in [1.807, 2.05) is 0 Å². The fourth-order valence-electron chi connectivity index (χ4n) is 9.88. The van der Waals surface area contributed by atoms with E-state index in [1.54, 1.807) is 0 Å². The van der Waals surface area contributed by atoms with Crippen molar-refractivity contribution >= 4 is 17.9 Å². The van der Waals surface area contributed by atoms with Crippen LogP contribution in [0.15, 0.2) is 72.9 Å². The molecule has 6 nitrogen and oxygen atoms in total. The van der Waals surface area contributed by atoms with Gasteiger partial charge in [-0.15, -0.1) is 0 Å². The van der Waals surface area contributed by atoms with Crippen LogP contribution in [0.25, 0.3) is 0 Å².